The standard InChI is InChI=1S/C17H19F2N3O3/c1-11-7-13(20-21(11)2)10-25-17(23)12-8-14(18)16(15(19)9-12)22-3-5-24-6-4-22/h7-9H,3-6,10H2,1-2H3. The fraction of sp³-hybridized carbons (Fsp3) is 0.412. The van der Waals surface area contributed by atoms with Gasteiger partial charge in [0.25, 0.3) is 0 Å². The van der Waals surface area contributed by atoms with Gasteiger partial charge in [0.05, 0.1) is 18.8 Å². The lowest BCUT2D eigenvalue weighted by Crippen LogP contribution is -2.37. The quantitative estimate of drug-likeness (QED) is 0.791. The topological polar surface area (TPSA) is 56.6 Å². The molecule has 0 N–H and O–H groups in total. The highest BCUT2D eigenvalue weighted by Gasteiger charge is 2.22. The molecule has 2 heterocycles. The van der Waals surface area contributed by atoms with E-state index in [2.05, 4.69) is 5.10 Å². The number of halogens is 2. The van der Waals surface area contributed by atoms with E-state index < -0.39 is 17.6 Å². The first kappa shape index (κ1) is 17.3. The van der Waals surface area contributed by atoms with E-state index in [9.17, 15) is 13.6 Å². The van der Waals surface area contributed by atoms with Crippen LogP contribution in [0.25, 0.3) is 0 Å². The number of aryl methyl sites for hydroxylation is 2. The Kier molecular flexibility index (Phi) is 4.98. The van der Waals surface area contributed by atoms with E-state index in [-0.39, 0.29) is 17.9 Å². The molecule has 0 radical (unpaired) electrons. The molecule has 0 saturated carbocycles. The maximum Gasteiger partial charge on any atom is 0.338 e. The van der Waals surface area contributed by atoms with Crippen LogP contribution in [-0.2, 0) is 23.1 Å². The number of nitrogens with zero attached hydrogens (tertiary/aromatic N) is 3. The Balaban J connectivity index is 1.72. The highest BCUT2D eigenvalue weighted by atomic mass is 19.1. The number of carbonyl (C=O) groups is 1. The van der Waals surface area contributed by atoms with Crippen LogP contribution in [0.3, 0.4) is 0 Å². The molecule has 0 bridgehead atoms. The largest absolute Gasteiger partial charge is 0.456 e. The molecular formula is C17H19F2N3O3. The number of rotatable bonds is 4. The van der Waals surface area contributed by atoms with Crippen LogP contribution < -0.4 is 4.90 Å². The average molecular weight is 351 g/mol. The third-order valence-corrected chi connectivity index (χ3v) is 4.10. The predicted molar refractivity (Wildman–Crippen MR) is 86.5 cm³/mol. The normalized spacial score (nSPS) is 14.6. The molecule has 1 saturated heterocycles. The van der Waals surface area contributed by atoms with Crippen molar-refractivity contribution < 1.29 is 23.0 Å². The SMILES string of the molecule is Cc1cc(COC(=O)c2cc(F)c(N3CCOCC3)c(F)c2)nn1C. The van der Waals surface area contributed by atoms with Gasteiger partial charge in [-0.05, 0) is 25.1 Å². The predicted octanol–water partition coefficient (Wildman–Crippen LogP) is 2.20. The van der Waals surface area contributed by atoms with Crippen LogP contribution in [0.15, 0.2) is 18.2 Å². The van der Waals surface area contributed by atoms with Gasteiger partial charge in [-0.2, -0.15) is 5.10 Å². The minimum atomic E-state index is -0.797. The smallest absolute Gasteiger partial charge is 0.338 e. The van der Waals surface area contributed by atoms with Crippen LogP contribution in [0.1, 0.15) is 21.7 Å². The molecular weight excluding hydrogens is 332 g/mol. The summed E-state index contributed by atoms with van der Waals surface area (Å²) >= 11 is 0. The molecule has 1 fully saturated rings. The first-order valence-electron chi connectivity index (χ1n) is 7.94. The molecule has 1 aromatic carbocycles. The van der Waals surface area contributed by atoms with Gasteiger partial charge in [-0.3, -0.25) is 4.68 Å². The Labute approximate surface area is 143 Å². The molecule has 6 nitrogen and oxygen atoms in total. The number of esters is 1. The van der Waals surface area contributed by atoms with Crippen molar-refractivity contribution in [2.45, 2.75) is 13.5 Å². The van der Waals surface area contributed by atoms with Gasteiger partial charge >= 0.3 is 5.97 Å². The second-order valence-corrected chi connectivity index (χ2v) is 5.86. The molecule has 0 spiro atoms. The van der Waals surface area contributed by atoms with Gasteiger partial charge in [0, 0.05) is 25.8 Å². The molecule has 0 unspecified atom stereocenters. The Morgan fingerprint density at radius 1 is 1.24 bits per heavy atom. The first-order chi connectivity index (χ1) is 12.0. The number of hydrogen-bond acceptors (Lipinski definition) is 5. The third-order valence-electron chi connectivity index (χ3n) is 4.10. The van der Waals surface area contributed by atoms with Crippen LogP contribution >= 0.6 is 0 Å². The van der Waals surface area contributed by atoms with Crippen molar-refractivity contribution in [2.24, 2.45) is 7.05 Å². The van der Waals surface area contributed by atoms with Crippen molar-refractivity contribution in [3.63, 3.8) is 0 Å². The van der Waals surface area contributed by atoms with Crippen LogP contribution in [0.5, 0.6) is 0 Å². The summed E-state index contributed by atoms with van der Waals surface area (Å²) < 4.78 is 40.6. The van der Waals surface area contributed by atoms with Crippen LogP contribution in [0.4, 0.5) is 14.5 Å². The van der Waals surface area contributed by atoms with E-state index in [1.54, 1.807) is 22.7 Å². The summed E-state index contributed by atoms with van der Waals surface area (Å²) in [5.74, 6) is -2.38. The first-order valence-corrected chi connectivity index (χ1v) is 7.94. The Morgan fingerprint density at radius 2 is 1.88 bits per heavy atom. The highest BCUT2D eigenvalue weighted by Crippen LogP contribution is 2.26. The van der Waals surface area contributed by atoms with Crippen molar-refractivity contribution in [1.29, 1.82) is 0 Å². The fourth-order valence-electron chi connectivity index (χ4n) is 2.70. The van der Waals surface area contributed by atoms with Crippen molar-refractivity contribution in [2.75, 3.05) is 31.2 Å². The van der Waals surface area contributed by atoms with E-state index >= 15 is 0 Å². The Hall–Kier alpha value is -2.48. The van der Waals surface area contributed by atoms with Crippen molar-refractivity contribution >= 4 is 11.7 Å². The zero-order valence-corrected chi connectivity index (χ0v) is 14.1. The monoisotopic (exact) mass is 351 g/mol. The van der Waals surface area contributed by atoms with Gasteiger partial charge in [0.2, 0.25) is 0 Å². The maximum atomic E-state index is 14.3. The summed E-state index contributed by atoms with van der Waals surface area (Å²) in [5, 5.41) is 4.16. The molecule has 1 aromatic heterocycles. The molecule has 134 valence electrons. The molecule has 25 heavy (non-hydrogen) atoms. The average Bonchev–Trinajstić information content (AvgIpc) is 2.91. The van der Waals surface area contributed by atoms with E-state index in [0.29, 0.717) is 32.0 Å². The fourth-order valence-corrected chi connectivity index (χ4v) is 2.70. The molecule has 1 aliphatic heterocycles. The molecule has 2 aromatic rings. The van der Waals surface area contributed by atoms with Gasteiger partial charge in [-0.1, -0.05) is 0 Å². The van der Waals surface area contributed by atoms with Crippen molar-refractivity contribution in [3.8, 4) is 0 Å². The van der Waals surface area contributed by atoms with Crippen LogP contribution in [0.2, 0.25) is 0 Å². The zero-order valence-electron chi connectivity index (χ0n) is 14.1. The number of ether oxygens (including phenoxy) is 2. The lowest BCUT2D eigenvalue weighted by Gasteiger charge is -2.29. The number of anilines is 1. The number of benzene rings is 1. The van der Waals surface area contributed by atoms with E-state index in [0.717, 1.165) is 17.8 Å². The van der Waals surface area contributed by atoms with E-state index in [1.807, 2.05) is 6.92 Å². The summed E-state index contributed by atoms with van der Waals surface area (Å²) in [5.41, 5.74) is 1.18. The second kappa shape index (κ2) is 7.18. The minimum absolute atomic E-state index is 0.0605. The summed E-state index contributed by atoms with van der Waals surface area (Å²) in [4.78, 5) is 13.6. The molecule has 3 rings (SSSR count). The Bertz CT molecular complexity index is 743. The second-order valence-electron chi connectivity index (χ2n) is 5.86. The molecule has 8 heteroatoms. The molecule has 0 atom stereocenters. The lowest BCUT2D eigenvalue weighted by atomic mass is 10.1. The summed E-state index contributed by atoms with van der Waals surface area (Å²) in [6.07, 6.45) is 0. The number of morpholine rings is 1. The zero-order chi connectivity index (χ0) is 18.0. The summed E-state index contributed by atoms with van der Waals surface area (Å²) in [7, 11) is 1.77. The molecule has 0 amide bonds. The van der Waals surface area contributed by atoms with Gasteiger partial charge in [0.15, 0.2) is 0 Å². The molecule has 1 aliphatic rings. The Morgan fingerprint density at radius 3 is 2.44 bits per heavy atom. The van der Waals surface area contributed by atoms with E-state index in [4.69, 9.17) is 9.47 Å². The highest BCUT2D eigenvalue weighted by molar-refractivity contribution is 5.90. The van der Waals surface area contributed by atoms with Gasteiger partial charge in [-0.25, -0.2) is 13.6 Å². The number of hydrogen-bond donors (Lipinski definition) is 0. The summed E-state index contributed by atoms with van der Waals surface area (Å²) in [6.45, 7) is 3.42. The van der Waals surface area contributed by atoms with Gasteiger partial charge < -0.3 is 14.4 Å². The third kappa shape index (κ3) is 3.79. The minimum Gasteiger partial charge on any atom is -0.456 e. The van der Waals surface area contributed by atoms with Gasteiger partial charge in [-0.15, -0.1) is 0 Å². The van der Waals surface area contributed by atoms with Crippen molar-refractivity contribution in [1.82, 2.24) is 9.78 Å². The van der Waals surface area contributed by atoms with Crippen LogP contribution in [0, 0.1) is 18.6 Å². The van der Waals surface area contributed by atoms with E-state index in [1.165, 1.54) is 0 Å². The van der Waals surface area contributed by atoms with Gasteiger partial charge in [0.1, 0.15) is 29.6 Å². The van der Waals surface area contributed by atoms with Crippen molar-refractivity contribution in [3.05, 3.63) is 46.8 Å². The van der Waals surface area contributed by atoms with Crippen LogP contribution in [-0.4, -0.2) is 42.1 Å². The number of carbonyl (C=O) groups excluding carboxylic acids is 1. The maximum absolute atomic E-state index is 14.3. The molecule has 0 aliphatic carbocycles. The summed E-state index contributed by atoms with van der Waals surface area (Å²) in [6, 6.07) is 3.77. The lowest BCUT2D eigenvalue weighted by molar-refractivity contribution is 0.0466. The number of aromatic nitrogens is 2.